The highest BCUT2D eigenvalue weighted by Crippen LogP contribution is 2.34. The van der Waals surface area contributed by atoms with Gasteiger partial charge in [-0.25, -0.2) is 0 Å². The standard InChI is InChI=1S/C18H20BrNS/c1-12-3-7-17(13(2)9-12)21-18-8-4-15(19)10-14(18)11-20-16-5-6-16/h3-4,7-10,16,20H,5-6,11H2,1-2H3. The van der Waals surface area contributed by atoms with Crippen LogP contribution < -0.4 is 5.32 Å². The Morgan fingerprint density at radius 3 is 2.57 bits per heavy atom. The normalized spacial score (nSPS) is 14.4. The summed E-state index contributed by atoms with van der Waals surface area (Å²) in [5.41, 5.74) is 4.05. The van der Waals surface area contributed by atoms with E-state index in [4.69, 9.17) is 0 Å². The van der Waals surface area contributed by atoms with E-state index in [1.54, 1.807) is 0 Å². The predicted molar refractivity (Wildman–Crippen MR) is 94.0 cm³/mol. The van der Waals surface area contributed by atoms with Gasteiger partial charge in [-0.05, 0) is 62.1 Å². The third-order valence-corrected chi connectivity index (χ3v) is 5.52. The number of benzene rings is 2. The molecule has 0 unspecified atom stereocenters. The average molecular weight is 362 g/mol. The molecule has 1 fully saturated rings. The summed E-state index contributed by atoms with van der Waals surface area (Å²) in [7, 11) is 0. The zero-order chi connectivity index (χ0) is 14.8. The Kier molecular flexibility index (Phi) is 4.72. The largest absolute Gasteiger partial charge is 0.310 e. The molecule has 0 aliphatic heterocycles. The van der Waals surface area contributed by atoms with Gasteiger partial charge in [-0.15, -0.1) is 0 Å². The first-order chi connectivity index (χ1) is 10.1. The van der Waals surface area contributed by atoms with Gasteiger partial charge in [0.05, 0.1) is 0 Å². The summed E-state index contributed by atoms with van der Waals surface area (Å²) in [6.45, 7) is 5.29. The van der Waals surface area contributed by atoms with Crippen molar-refractivity contribution in [3.05, 3.63) is 57.6 Å². The summed E-state index contributed by atoms with van der Waals surface area (Å²) in [5.74, 6) is 0. The fraction of sp³-hybridized carbons (Fsp3) is 0.333. The quantitative estimate of drug-likeness (QED) is 0.757. The predicted octanol–water partition coefficient (Wildman–Crippen LogP) is 5.47. The number of aryl methyl sites for hydroxylation is 2. The second-order valence-electron chi connectivity index (χ2n) is 5.78. The molecule has 3 heteroatoms. The molecule has 0 saturated heterocycles. The van der Waals surface area contributed by atoms with E-state index in [9.17, 15) is 0 Å². The van der Waals surface area contributed by atoms with Gasteiger partial charge < -0.3 is 5.32 Å². The minimum absolute atomic E-state index is 0.739. The molecule has 0 bridgehead atoms. The lowest BCUT2D eigenvalue weighted by atomic mass is 10.2. The van der Waals surface area contributed by atoms with Gasteiger partial charge in [0.25, 0.3) is 0 Å². The van der Waals surface area contributed by atoms with Gasteiger partial charge in [0.1, 0.15) is 0 Å². The molecule has 21 heavy (non-hydrogen) atoms. The maximum absolute atomic E-state index is 3.62. The monoisotopic (exact) mass is 361 g/mol. The van der Waals surface area contributed by atoms with Crippen molar-refractivity contribution >= 4 is 27.7 Å². The van der Waals surface area contributed by atoms with Gasteiger partial charge >= 0.3 is 0 Å². The molecule has 1 nitrogen and oxygen atoms in total. The van der Waals surface area contributed by atoms with Crippen LogP contribution in [0.25, 0.3) is 0 Å². The molecule has 1 aliphatic rings. The van der Waals surface area contributed by atoms with Crippen molar-refractivity contribution in [1.29, 1.82) is 0 Å². The van der Waals surface area contributed by atoms with Gasteiger partial charge in [0, 0.05) is 26.9 Å². The van der Waals surface area contributed by atoms with Crippen LogP contribution in [-0.4, -0.2) is 6.04 Å². The third kappa shape index (κ3) is 4.12. The van der Waals surface area contributed by atoms with Crippen LogP contribution in [0, 0.1) is 13.8 Å². The maximum atomic E-state index is 3.62. The molecule has 110 valence electrons. The number of hydrogen-bond acceptors (Lipinski definition) is 2. The Morgan fingerprint density at radius 2 is 1.86 bits per heavy atom. The lowest BCUT2D eigenvalue weighted by molar-refractivity contribution is 0.680. The number of rotatable bonds is 5. The molecule has 1 saturated carbocycles. The Labute approximate surface area is 139 Å². The molecule has 2 aromatic rings. The molecule has 3 rings (SSSR count). The number of halogens is 1. The molecule has 2 aromatic carbocycles. The van der Waals surface area contributed by atoms with Crippen molar-refractivity contribution in [3.8, 4) is 0 Å². The molecule has 1 aliphatic carbocycles. The van der Waals surface area contributed by atoms with Crippen molar-refractivity contribution in [1.82, 2.24) is 5.32 Å². The molecular formula is C18H20BrNS. The van der Waals surface area contributed by atoms with E-state index in [0.29, 0.717) is 0 Å². The first-order valence-electron chi connectivity index (χ1n) is 7.39. The van der Waals surface area contributed by atoms with Crippen LogP contribution in [0.3, 0.4) is 0 Å². The van der Waals surface area contributed by atoms with Crippen LogP contribution in [0.5, 0.6) is 0 Å². The van der Waals surface area contributed by atoms with Gasteiger partial charge in [0.2, 0.25) is 0 Å². The van der Waals surface area contributed by atoms with Gasteiger partial charge in [-0.1, -0.05) is 45.4 Å². The Balaban J connectivity index is 1.82. The van der Waals surface area contributed by atoms with Crippen molar-refractivity contribution in [2.75, 3.05) is 0 Å². The smallest absolute Gasteiger partial charge is 0.0219 e. The minimum atomic E-state index is 0.739. The second kappa shape index (κ2) is 6.55. The molecule has 1 N–H and O–H groups in total. The first kappa shape index (κ1) is 15.1. The fourth-order valence-corrected chi connectivity index (χ4v) is 3.76. The maximum Gasteiger partial charge on any atom is 0.0219 e. The van der Waals surface area contributed by atoms with Crippen LogP contribution in [0.1, 0.15) is 29.5 Å². The van der Waals surface area contributed by atoms with Gasteiger partial charge in [-0.2, -0.15) is 0 Å². The average Bonchev–Trinajstić information content (AvgIpc) is 3.26. The lowest BCUT2D eigenvalue weighted by Crippen LogP contribution is -2.15. The molecule has 0 atom stereocenters. The van der Waals surface area contributed by atoms with E-state index in [1.807, 2.05) is 11.8 Å². The van der Waals surface area contributed by atoms with Gasteiger partial charge in [-0.3, -0.25) is 0 Å². The molecule has 0 spiro atoms. The molecule has 0 aromatic heterocycles. The van der Waals surface area contributed by atoms with Gasteiger partial charge in [0.15, 0.2) is 0 Å². The fourth-order valence-electron chi connectivity index (χ4n) is 2.36. The number of hydrogen-bond donors (Lipinski definition) is 1. The van der Waals surface area contributed by atoms with E-state index >= 15 is 0 Å². The first-order valence-corrected chi connectivity index (χ1v) is 9.00. The summed E-state index contributed by atoms with van der Waals surface area (Å²) in [6, 6.07) is 14.0. The Morgan fingerprint density at radius 1 is 1.10 bits per heavy atom. The lowest BCUT2D eigenvalue weighted by Gasteiger charge is -2.12. The molecule has 0 radical (unpaired) electrons. The molecule has 0 amide bonds. The number of nitrogens with one attached hydrogen (secondary N) is 1. The summed E-state index contributed by atoms with van der Waals surface area (Å²) in [6.07, 6.45) is 2.65. The van der Waals surface area contributed by atoms with E-state index in [2.05, 4.69) is 71.5 Å². The zero-order valence-corrected chi connectivity index (χ0v) is 14.9. The van der Waals surface area contributed by atoms with Crippen molar-refractivity contribution in [2.45, 2.75) is 49.1 Å². The van der Waals surface area contributed by atoms with Crippen LogP contribution in [0.4, 0.5) is 0 Å². The zero-order valence-electron chi connectivity index (χ0n) is 12.4. The molecule has 0 heterocycles. The van der Waals surface area contributed by atoms with Crippen LogP contribution in [-0.2, 0) is 6.54 Å². The second-order valence-corrected chi connectivity index (χ2v) is 7.78. The Hall–Kier alpha value is -0.770. The summed E-state index contributed by atoms with van der Waals surface area (Å²) < 4.78 is 1.15. The highest BCUT2D eigenvalue weighted by molar-refractivity contribution is 9.10. The topological polar surface area (TPSA) is 12.0 Å². The SMILES string of the molecule is Cc1ccc(Sc2ccc(Br)cc2CNC2CC2)c(C)c1. The summed E-state index contributed by atoms with van der Waals surface area (Å²) in [4.78, 5) is 2.69. The van der Waals surface area contributed by atoms with Crippen LogP contribution in [0.2, 0.25) is 0 Å². The highest BCUT2D eigenvalue weighted by Gasteiger charge is 2.20. The van der Waals surface area contributed by atoms with E-state index < -0.39 is 0 Å². The van der Waals surface area contributed by atoms with Crippen molar-refractivity contribution < 1.29 is 0 Å². The van der Waals surface area contributed by atoms with Crippen LogP contribution >= 0.6 is 27.7 Å². The van der Waals surface area contributed by atoms with E-state index in [0.717, 1.165) is 17.1 Å². The highest BCUT2D eigenvalue weighted by atomic mass is 79.9. The van der Waals surface area contributed by atoms with Crippen LogP contribution in [0.15, 0.2) is 50.7 Å². The van der Waals surface area contributed by atoms with Crippen molar-refractivity contribution in [2.24, 2.45) is 0 Å². The third-order valence-electron chi connectivity index (χ3n) is 3.73. The van der Waals surface area contributed by atoms with E-state index in [-0.39, 0.29) is 0 Å². The van der Waals surface area contributed by atoms with E-state index in [1.165, 1.54) is 39.3 Å². The minimum Gasteiger partial charge on any atom is -0.310 e. The summed E-state index contributed by atoms with van der Waals surface area (Å²) in [5, 5.41) is 3.62. The Bertz CT molecular complexity index is 650. The summed E-state index contributed by atoms with van der Waals surface area (Å²) >= 11 is 5.46. The van der Waals surface area contributed by atoms with Crippen molar-refractivity contribution in [3.63, 3.8) is 0 Å². The molecular weight excluding hydrogens is 342 g/mol.